The van der Waals surface area contributed by atoms with Crippen LogP contribution in [0.1, 0.15) is 19.3 Å². The highest BCUT2D eigenvalue weighted by Gasteiger charge is 2.33. The van der Waals surface area contributed by atoms with Crippen molar-refractivity contribution < 1.29 is 13.2 Å². The molecule has 1 saturated carbocycles. The van der Waals surface area contributed by atoms with Crippen LogP contribution in [-0.2, 0) is 14.6 Å². The largest absolute Gasteiger partial charge is 0.300 e. The summed E-state index contributed by atoms with van der Waals surface area (Å²) in [6.07, 6.45) is 1.05. The van der Waals surface area contributed by atoms with E-state index in [0.717, 1.165) is 0 Å². The molecule has 4 heteroatoms. The van der Waals surface area contributed by atoms with Crippen LogP contribution in [0, 0.1) is 0 Å². The van der Waals surface area contributed by atoms with Gasteiger partial charge in [0, 0.05) is 12.8 Å². The maximum atomic E-state index is 12.0. The van der Waals surface area contributed by atoms with E-state index in [1.54, 1.807) is 30.3 Å². The fourth-order valence-electron chi connectivity index (χ4n) is 1.85. The van der Waals surface area contributed by atoms with Crippen LogP contribution in [-0.4, -0.2) is 19.5 Å². The van der Waals surface area contributed by atoms with Gasteiger partial charge in [-0.15, -0.1) is 0 Å². The van der Waals surface area contributed by atoms with E-state index in [0.29, 0.717) is 17.7 Å². The van der Waals surface area contributed by atoms with E-state index in [-0.39, 0.29) is 12.2 Å². The van der Waals surface area contributed by atoms with Crippen LogP contribution in [0.2, 0.25) is 0 Å². The number of rotatable bonds is 2. The summed E-state index contributed by atoms with van der Waals surface area (Å²) < 4.78 is 24.1. The molecular weight excluding hydrogens is 212 g/mol. The molecule has 0 saturated heterocycles. The van der Waals surface area contributed by atoms with Crippen LogP contribution in [0.15, 0.2) is 35.2 Å². The fraction of sp³-hybridized carbons (Fsp3) is 0.364. The van der Waals surface area contributed by atoms with Crippen LogP contribution < -0.4 is 0 Å². The molecule has 1 atom stereocenters. The van der Waals surface area contributed by atoms with E-state index in [4.69, 9.17) is 0 Å². The molecule has 0 bridgehead atoms. The van der Waals surface area contributed by atoms with Crippen molar-refractivity contribution in [2.24, 2.45) is 0 Å². The first-order valence-electron chi connectivity index (χ1n) is 4.91. The molecule has 1 fully saturated rings. The summed E-state index contributed by atoms with van der Waals surface area (Å²) in [5.41, 5.74) is 0. The number of carbonyl (C=O) groups is 1. The van der Waals surface area contributed by atoms with E-state index < -0.39 is 15.1 Å². The Hall–Kier alpha value is -1.16. The summed E-state index contributed by atoms with van der Waals surface area (Å²) in [6.45, 7) is 0. The second-order valence-electron chi connectivity index (χ2n) is 3.76. The summed E-state index contributed by atoms with van der Waals surface area (Å²) in [5.74, 6) is 0.0551. The predicted molar refractivity (Wildman–Crippen MR) is 56.3 cm³/mol. The van der Waals surface area contributed by atoms with E-state index in [9.17, 15) is 13.2 Å². The topological polar surface area (TPSA) is 51.2 Å². The van der Waals surface area contributed by atoms with Gasteiger partial charge in [-0.1, -0.05) is 18.2 Å². The van der Waals surface area contributed by atoms with Gasteiger partial charge >= 0.3 is 0 Å². The average molecular weight is 224 g/mol. The minimum absolute atomic E-state index is 0.0551. The number of sulfone groups is 1. The molecule has 3 nitrogen and oxygen atoms in total. The molecular formula is C11H12O3S. The van der Waals surface area contributed by atoms with Gasteiger partial charge in [0.1, 0.15) is 5.78 Å². The van der Waals surface area contributed by atoms with Gasteiger partial charge in [-0.05, 0) is 18.6 Å². The maximum absolute atomic E-state index is 12.0. The number of ketones is 1. The lowest BCUT2D eigenvalue weighted by molar-refractivity contribution is -0.117. The number of Topliss-reactive ketones (excluding diaryl/α,β-unsaturated/α-hetero) is 1. The zero-order valence-electron chi connectivity index (χ0n) is 8.22. The first-order chi connectivity index (χ1) is 7.10. The Kier molecular flexibility index (Phi) is 2.61. The van der Waals surface area contributed by atoms with E-state index in [1.165, 1.54) is 0 Å². The molecule has 2 rings (SSSR count). The molecule has 1 aromatic carbocycles. The van der Waals surface area contributed by atoms with Crippen LogP contribution in [0.4, 0.5) is 0 Å². The van der Waals surface area contributed by atoms with Crippen LogP contribution in [0.3, 0.4) is 0 Å². The molecule has 80 valence electrons. The Morgan fingerprint density at radius 3 is 2.33 bits per heavy atom. The van der Waals surface area contributed by atoms with Crippen molar-refractivity contribution in [1.82, 2.24) is 0 Å². The molecule has 0 spiro atoms. The summed E-state index contributed by atoms with van der Waals surface area (Å²) in [5, 5.41) is -0.507. The number of benzene rings is 1. The van der Waals surface area contributed by atoms with Gasteiger partial charge in [0.2, 0.25) is 0 Å². The van der Waals surface area contributed by atoms with Crippen molar-refractivity contribution in [2.45, 2.75) is 29.4 Å². The van der Waals surface area contributed by atoms with Crippen molar-refractivity contribution in [3.63, 3.8) is 0 Å². The van der Waals surface area contributed by atoms with Crippen LogP contribution in [0.5, 0.6) is 0 Å². The lowest BCUT2D eigenvalue weighted by atomic mass is 10.4. The fourth-order valence-corrected chi connectivity index (χ4v) is 3.60. The van der Waals surface area contributed by atoms with Gasteiger partial charge in [-0.2, -0.15) is 0 Å². The lowest BCUT2D eigenvalue weighted by Gasteiger charge is -2.09. The summed E-state index contributed by atoms with van der Waals surface area (Å²) in [4.78, 5) is 11.4. The molecule has 0 heterocycles. The molecule has 1 unspecified atom stereocenters. The summed E-state index contributed by atoms with van der Waals surface area (Å²) in [6, 6.07) is 8.34. The molecule has 0 N–H and O–H groups in total. The molecule has 15 heavy (non-hydrogen) atoms. The molecule has 0 aliphatic heterocycles. The number of hydrogen-bond acceptors (Lipinski definition) is 3. The molecule has 0 radical (unpaired) electrons. The van der Waals surface area contributed by atoms with Gasteiger partial charge in [0.25, 0.3) is 0 Å². The van der Waals surface area contributed by atoms with Gasteiger partial charge in [-0.25, -0.2) is 8.42 Å². The Balaban J connectivity index is 2.32. The predicted octanol–water partition coefficient (Wildman–Crippen LogP) is 1.58. The monoisotopic (exact) mass is 224 g/mol. The summed E-state index contributed by atoms with van der Waals surface area (Å²) >= 11 is 0. The lowest BCUT2D eigenvalue weighted by Crippen LogP contribution is -2.18. The minimum atomic E-state index is -3.29. The third-order valence-corrected chi connectivity index (χ3v) is 4.92. The summed E-state index contributed by atoms with van der Waals surface area (Å²) in [7, 11) is -3.29. The minimum Gasteiger partial charge on any atom is -0.300 e. The van der Waals surface area contributed by atoms with Gasteiger partial charge in [-0.3, -0.25) is 4.79 Å². The maximum Gasteiger partial charge on any atom is 0.181 e. The standard InChI is InChI=1S/C11H12O3S/c12-9-6-7-11(8-9)15(13,14)10-4-2-1-3-5-10/h1-5,11H,6-8H2. The van der Waals surface area contributed by atoms with E-state index in [2.05, 4.69) is 0 Å². The van der Waals surface area contributed by atoms with Crippen molar-refractivity contribution in [2.75, 3.05) is 0 Å². The normalized spacial score (nSPS) is 21.9. The Labute approximate surface area is 89.0 Å². The van der Waals surface area contributed by atoms with Gasteiger partial charge < -0.3 is 0 Å². The van der Waals surface area contributed by atoms with Crippen molar-refractivity contribution in [3.8, 4) is 0 Å². The second kappa shape index (κ2) is 3.77. The SMILES string of the molecule is O=C1CCC(S(=O)(=O)c2ccccc2)C1. The van der Waals surface area contributed by atoms with E-state index in [1.807, 2.05) is 0 Å². The quantitative estimate of drug-likeness (QED) is 0.766. The van der Waals surface area contributed by atoms with Crippen LogP contribution in [0.25, 0.3) is 0 Å². The van der Waals surface area contributed by atoms with Crippen molar-refractivity contribution >= 4 is 15.6 Å². The Bertz CT molecular complexity index is 462. The first kappa shape index (κ1) is 10.4. The molecule has 1 aliphatic carbocycles. The first-order valence-corrected chi connectivity index (χ1v) is 6.46. The molecule has 0 amide bonds. The smallest absolute Gasteiger partial charge is 0.181 e. The molecule has 0 aromatic heterocycles. The highest BCUT2D eigenvalue weighted by atomic mass is 32.2. The van der Waals surface area contributed by atoms with Crippen LogP contribution >= 0.6 is 0 Å². The van der Waals surface area contributed by atoms with Gasteiger partial charge in [0.15, 0.2) is 9.84 Å². The number of carbonyl (C=O) groups excluding carboxylic acids is 1. The highest BCUT2D eigenvalue weighted by Crippen LogP contribution is 2.27. The second-order valence-corrected chi connectivity index (χ2v) is 5.99. The molecule has 1 aromatic rings. The number of hydrogen-bond donors (Lipinski definition) is 0. The zero-order valence-corrected chi connectivity index (χ0v) is 9.03. The molecule has 1 aliphatic rings. The third-order valence-electron chi connectivity index (χ3n) is 2.71. The van der Waals surface area contributed by atoms with E-state index >= 15 is 0 Å². The Morgan fingerprint density at radius 2 is 1.80 bits per heavy atom. The Morgan fingerprint density at radius 1 is 1.13 bits per heavy atom. The van der Waals surface area contributed by atoms with Gasteiger partial charge in [0.05, 0.1) is 10.1 Å². The third kappa shape index (κ3) is 1.95. The zero-order chi connectivity index (χ0) is 10.9. The highest BCUT2D eigenvalue weighted by molar-refractivity contribution is 7.92. The van der Waals surface area contributed by atoms with Crippen molar-refractivity contribution in [1.29, 1.82) is 0 Å². The average Bonchev–Trinajstić information content (AvgIpc) is 2.67. The van der Waals surface area contributed by atoms with Crippen molar-refractivity contribution in [3.05, 3.63) is 30.3 Å².